The zero-order chi connectivity index (χ0) is 10.8. The van der Waals surface area contributed by atoms with Crippen LogP contribution in [0.2, 0.25) is 0 Å². The molecule has 90 valence electrons. The number of hydrogen-bond donors (Lipinski definition) is 1. The minimum absolute atomic E-state index is 1.18. The van der Waals surface area contributed by atoms with Crippen LogP contribution in [0.1, 0.15) is 51.9 Å². The summed E-state index contributed by atoms with van der Waals surface area (Å²) in [6.45, 7) is 8.37. The molecule has 0 aromatic carbocycles. The van der Waals surface area contributed by atoms with Gasteiger partial charge in [0, 0.05) is 26.2 Å². The van der Waals surface area contributed by atoms with Crippen LogP contribution in [0.5, 0.6) is 0 Å². The zero-order valence-corrected chi connectivity index (χ0v) is 10.4. The molecule has 0 aromatic heterocycles. The Balaban J connectivity index is 0.000000162. The maximum absolute atomic E-state index is 3.33. The molecule has 2 fully saturated rings. The SMILES string of the molecule is C1CCCCC1.CCCN1CCNCC1. The van der Waals surface area contributed by atoms with E-state index in [1.807, 2.05) is 0 Å². The van der Waals surface area contributed by atoms with Gasteiger partial charge in [-0.1, -0.05) is 45.4 Å². The summed E-state index contributed by atoms with van der Waals surface area (Å²) >= 11 is 0. The van der Waals surface area contributed by atoms with E-state index >= 15 is 0 Å². The van der Waals surface area contributed by atoms with E-state index in [-0.39, 0.29) is 0 Å². The lowest BCUT2D eigenvalue weighted by Gasteiger charge is -2.26. The Kier molecular flexibility index (Phi) is 7.94. The summed E-state index contributed by atoms with van der Waals surface area (Å²) in [5, 5.41) is 3.33. The summed E-state index contributed by atoms with van der Waals surface area (Å²) in [4.78, 5) is 2.51. The molecule has 1 N–H and O–H groups in total. The largest absolute Gasteiger partial charge is 0.314 e. The zero-order valence-electron chi connectivity index (χ0n) is 10.4. The van der Waals surface area contributed by atoms with Crippen molar-refractivity contribution in [3.8, 4) is 0 Å². The van der Waals surface area contributed by atoms with Crippen molar-refractivity contribution in [2.75, 3.05) is 32.7 Å². The van der Waals surface area contributed by atoms with Crippen molar-refractivity contribution in [3.05, 3.63) is 0 Å². The van der Waals surface area contributed by atoms with Crippen LogP contribution >= 0.6 is 0 Å². The van der Waals surface area contributed by atoms with E-state index in [9.17, 15) is 0 Å². The Morgan fingerprint density at radius 2 is 1.33 bits per heavy atom. The van der Waals surface area contributed by atoms with Gasteiger partial charge >= 0.3 is 0 Å². The van der Waals surface area contributed by atoms with E-state index in [0.717, 1.165) is 0 Å². The third kappa shape index (κ3) is 6.91. The van der Waals surface area contributed by atoms with E-state index in [1.54, 1.807) is 0 Å². The van der Waals surface area contributed by atoms with Gasteiger partial charge in [0.25, 0.3) is 0 Å². The predicted octanol–water partition coefficient (Wildman–Crippen LogP) is 2.64. The van der Waals surface area contributed by atoms with Gasteiger partial charge in [-0.3, -0.25) is 0 Å². The summed E-state index contributed by atoms with van der Waals surface area (Å²) in [5.74, 6) is 0. The fourth-order valence-corrected chi connectivity index (χ4v) is 2.31. The lowest BCUT2D eigenvalue weighted by atomic mass is 10.0. The second-order valence-electron chi connectivity index (χ2n) is 4.71. The predicted molar refractivity (Wildman–Crippen MR) is 67.3 cm³/mol. The van der Waals surface area contributed by atoms with Crippen LogP contribution in [0, 0.1) is 0 Å². The smallest absolute Gasteiger partial charge is 0.0107 e. The number of nitrogens with one attached hydrogen (secondary N) is 1. The molecule has 1 saturated heterocycles. The number of hydrogen-bond acceptors (Lipinski definition) is 2. The molecule has 0 aromatic rings. The maximum atomic E-state index is 3.33. The molecule has 1 aliphatic heterocycles. The minimum Gasteiger partial charge on any atom is -0.314 e. The molecule has 15 heavy (non-hydrogen) atoms. The molecule has 1 saturated carbocycles. The van der Waals surface area contributed by atoms with Crippen molar-refractivity contribution in [3.63, 3.8) is 0 Å². The molecule has 1 aliphatic carbocycles. The van der Waals surface area contributed by atoms with Crippen molar-refractivity contribution in [1.29, 1.82) is 0 Å². The Morgan fingerprint density at radius 3 is 1.73 bits per heavy atom. The molecule has 0 atom stereocenters. The Labute approximate surface area is 95.4 Å². The number of rotatable bonds is 2. The van der Waals surface area contributed by atoms with Gasteiger partial charge in [-0.2, -0.15) is 0 Å². The molecular formula is C13H28N2. The lowest BCUT2D eigenvalue weighted by Crippen LogP contribution is -2.43. The molecule has 2 nitrogen and oxygen atoms in total. The van der Waals surface area contributed by atoms with Gasteiger partial charge in [0.1, 0.15) is 0 Å². The highest BCUT2D eigenvalue weighted by Gasteiger charge is 2.06. The van der Waals surface area contributed by atoms with Gasteiger partial charge < -0.3 is 10.2 Å². The highest BCUT2D eigenvalue weighted by atomic mass is 15.2. The first-order valence-electron chi connectivity index (χ1n) is 6.86. The molecule has 0 bridgehead atoms. The van der Waals surface area contributed by atoms with Gasteiger partial charge in [-0.15, -0.1) is 0 Å². The fourth-order valence-electron chi connectivity index (χ4n) is 2.31. The summed E-state index contributed by atoms with van der Waals surface area (Å²) in [6.07, 6.45) is 10.3. The molecule has 2 rings (SSSR count). The van der Waals surface area contributed by atoms with E-state index < -0.39 is 0 Å². The molecule has 2 aliphatic rings. The number of nitrogens with zero attached hydrogens (tertiary/aromatic N) is 1. The number of piperazine rings is 1. The van der Waals surface area contributed by atoms with E-state index in [1.165, 1.54) is 77.7 Å². The van der Waals surface area contributed by atoms with E-state index in [0.29, 0.717) is 0 Å². The van der Waals surface area contributed by atoms with E-state index in [2.05, 4.69) is 17.1 Å². The normalized spacial score (nSPS) is 23.0. The molecule has 0 unspecified atom stereocenters. The van der Waals surface area contributed by atoms with Gasteiger partial charge in [-0.05, 0) is 13.0 Å². The first kappa shape index (κ1) is 13.0. The molecule has 2 heteroatoms. The van der Waals surface area contributed by atoms with Crippen LogP contribution in [0.15, 0.2) is 0 Å². The third-order valence-electron chi connectivity index (χ3n) is 3.25. The monoisotopic (exact) mass is 212 g/mol. The van der Waals surface area contributed by atoms with Crippen molar-refractivity contribution in [2.24, 2.45) is 0 Å². The van der Waals surface area contributed by atoms with Crippen LogP contribution in [-0.4, -0.2) is 37.6 Å². The molecule has 0 amide bonds. The van der Waals surface area contributed by atoms with Crippen LogP contribution in [0.4, 0.5) is 0 Å². The summed E-state index contributed by atoms with van der Waals surface area (Å²) < 4.78 is 0. The van der Waals surface area contributed by atoms with Crippen molar-refractivity contribution in [1.82, 2.24) is 10.2 Å². The first-order chi connectivity index (χ1) is 7.43. The second-order valence-corrected chi connectivity index (χ2v) is 4.71. The van der Waals surface area contributed by atoms with Crippen LogP contribution in [0.3, 0.4) is 0 Å². The molecule has 0 radical (unpaired) electrons. The van der Waals surface area contributed by atoms with Crippen LogP contribution in [-0.2, 0) is 0 Å². The van der Waals surface area contributed by atoms with E-state index in [4.69, 9.17) is 0 Å². The van der Waals surface area contributed by atoms with Gasteiger partial charge in [0.15, 0.2) is 0 Å². The second kappa shape index (κ2) is 9.17. The Hall–Kier alpha value is -0.0800. The minimum atomic E-state index is 1.18. The fraction of sp³-hybridized carbons (Fsp3) is 1.00. The van der Waals surface area contributed by atoms with Crippen molar-refractivity contribution in [2.45, 2.75) is 51.9 Å². The van der Waals surface area contributed by atoms with Crippen LogP contribution in [0.25, 0.3) is 0 Å². The van der Waals surface area contributed by atoms with Gasteiger partial charge in [0.05, 0.1) is 0 Å². The highest BCUT2D eigenvalue weighted by molar-refractivity contribution is 4.66. The Bertz CT molecular complexity index is 112. The highest BCUT2D eigenvalue weighted by Crippen LogP contribution is 2.15. The first-order valence-corrected chi connectivity index (χ1v) is 6.86. The molecule has 1 heterocycles. The third-order valence-corrected chi connectivity index (χ3v) is 3.25. The summed E-state index contributed by atoms with van der Waals surface area (Å²) in [6, 6.07) is 0. The van der Waals surface area contributed by atoms with Gasteiger partial charge in [-0.25, -0.2) is 0 Å². The average molecular weight is 212 g/mol. The maximum Gasteiger partial charge on any atom is 0.0107 e. The van der Waals surface area contributed by atoms with Crippen LogP contribution < -0.4 is 5.32 Å². The summed E-state index contributed by atoms with van der Waals surface area (Å²) in [5.41, 5.74) is 0. The van der Waals surface area contributed by atoms with Crippen molar-refractivity contribution >= 4 is 0 Å². The average Bonchev–Trinajstić information content (AvgIpc) is 2.34. The van der Waals surface area contributed by atoms with Gasteiger partial charge in [0.2, 0.25) is 0 Å². The van der Waals surface area contributed by atoms with Crippen molar-refractivity contribution < 1.29 is 0 Å². The summed E-state index contributed by atoms with van der Waals surface area (Å²) in [7, 11) is 0. The standard InChI is InChI=1S/C7H16N2.C6H12/c1-2-5-9-6-3-8-4-7-9;1-2-4-6-5-3-1/h8H,2-7H2,1H3;1-6H2. The quantitative estimate of drug-likeness (QED) is 0.757. The molecule has 0 spiro atoms. The lowest BCUT2D eigenvalue weighted by molar-refractivity contribution is 0.241. The molecular weight excluding hydrogens is 184 g/mol. The topological polar surface area (TPSA) is 15.3 Å². The Morgan fingerprint density at radius 1 is 0.867 bits per heavy atom.